The van der Waals surface area contributed by atoms with E-state index < -0.39 is 0 Å². The summed E-state index contributed by atoms with van der Waals surface area (Å²) in [6.45, 7) is 0. The van der Waals surface area contributed by atoms with Crippen molar-refractivity contribution in [3.8, 4) is 17.4 Å². The van der Waals surface area contributed by atoms with Gasteiger partial charge in [-0.2, -0.15) is 0 Å². The summed E-state index contributed by atoms with van der Waals surface area (Å²) in [6, 6.07) is 7.15. The Morgan fingerprint density at radius 3 is 2.82 bits per heavy atom. The lowest BCUT2D eigenvalue weighted by atomic mass is 9.88. The highest BCUT2D eigenvalue weighted by atomic mass is 35.5. The van der Waals surface area contributed by atoms with Crippen LogP contribution in [-0.4, -0.2) is 15.3 Å². The molecule has 1 aromatic carbocycles. The first-order valence-corrected chi connectivity index (χ1v) is 5.62. The third-order valence-corrected chi connectivity index (χ3v) is 2.98. The maximum absolute atomic E-state index is 9.62. The van der Waals surface area contributed by atoms with Gasteiger partial charge < -0.3 is 9.84 Å². The molecule has 86 valence electrons. The largest absolute Gasteiger partial charge is 0.503 e. The van der Waals surface area contributed by atoms with Crippen molar-refractivity contribution in [1.29, 1.82) is 0 Å². The molecular formula is C12H9ClN2O2. The Labute approximate surface area is 103 Å². The van der Waals surface area contributed by atoms with Gasteiger partial charge in [0.05, 0.1) is 0 Å². The predicted octanol–water partition coefficient (Wildman–Crippen LogP) is 2.73. The summed E-state index contributed by atoms with van der Waals surface area (Å²) >= 11 is 5.60. The summed E-state index contributed by atoms with van der Waals surface area (Å²) in [4.78, 5) is 0. The Bertz CT molecular complexity index is 587. The van der Waals surface area contributed by atoms with Crippen molar-refractivity contribution in [2.45, 2.75) is 12.8 Å². The SMILES string of the molecule is Oc1cc(Cl)nnc1Oc1cccc2c1CC2. The van der Waals surface area contributed by atoms with Crippen LogP contribution in [-0.2, 0) is 12.8 Å². The monoisotopic (exact) mass is 248 g/mol. The van der Waals surface area contributed by atoms with Gasteiger partial charge in [-0.25, -0.2) is 0 Å². The average Bonchev–Trinajstić information content (AvgIpc) is 2.25. The fourth-order valence-electron chi connectivity index (χ4n) is 1.83. The van der Waals surface area contributed by atoms with Gasteiger partial charge in [-0.05, 0) is 30.0 Å². The molecule has 1 N–H and O–H groups in total. The summed E-state index contributed by atoms with van der Waals surface area (Å²) in [5.41, 5.74) is 2.45. The Balaban J connectivity index is 1.94. The van der Waals surface area contributed by atoms with Gasteiger partial charge in [-0.3, -0.25) is 0 Å². The maximum Gasteiger partial charge on any atom is 0.281 e. The molecule has 0 fully saturated rings. The smallest absolute Gasteiger partial charge is 0.281 e. The third-order valence-electron chi connectivity index (χ3n) is 2.79. The second-order valence-electron chi connectivity index (χ2n) is 3.85. The molecule has 4 nitrogen and oxygen atoms in total. The van der Waals surface area contributed by atoms with Crippen LogP contribution in [0, 0.1) is 0 Å². The molecule has 0 radical (unpaired) electrons. The van der Waals surface area contributed by atoms with Gasteiger partial charge in [-0.15, -0.1) is 10.2 Å². The van der Waals surface area contributed by atoms with Crippen molar-refractivity contribution in [3.63, 3.8) is 0 Å². The first-order chi connectivity index (χ1) is 8.24. The second-order valence-corrected chi connectivity index (χ2v) is 4.24. The van der Waals surface area contributed by atoms with E-state index in [4.69, 9.17) is 16.3 Å². The molecule has 3 rings (SSSR count). The molecule has 5 heteroatoms. The number of benzene rings is 1. The number of fused-ring (bicyclic) bond motifs is 1. The van der Waals surface area contributed by atoms with Crippen LogP contribution in [0.2, 0.25) is 5.15 Å². The molecule has 0 atom stereocenters. The quantitative estimate of drug-likeness (QED) is 0.888. The minimum absolute atomic E-state index is 0.0784. The van der Waals surface area contributed by atoms with Crippen molar-refractivity contribution >= 4 is 11.6 Å². The Morgan fingerprint density at radius 2 is 2.12 bits per heavy atom. The highest BCUT2D eigenvalue weighted by Crippen LogP contribution is 2.36. The standard InChI is InChI=1S/C12H9ClN2O2/c13-11-6-9(16)12(15-14-11)17-10-3-1-2-7-4-5-8(7)10/h1-3,6H,4-5H2,(H,14,16). The lowest BCUT2D eigenvalue weighted by Crippen LogP contribution is -2.09. The highest BCUT2D eigenvalue weighted by Gasteiger charge is 2.19. The molecule has 0 bridgehead atoms. The van der Waals surface area contributed by atoms with E-state index >= 15 is 0 Å². The highest BCUT2D eigenvalue weighted by molar-refractivity contribution is 6.29. The summed E-state index contributed by atoms with van der Waals surface area (Å²) in [7, 11) is 0. The number of aromatic hydroxyl groups is 1. The number of halogens is 1. The number of hydrogen-bond acceptors (Lipinski definition) is 4. The van der Waals surface area contributed by atoms with Gasteiger partial charge in [0.1, 0.15) is 5.75 Å². The lowest BCUT2D eigenvalue weighted by molar-refractivity contribution is 0.387. The molecule has 1 heterocycles. The number of ether oxygens (including phenoxy) is 1. The van der Waals surface area contributed by atoms with Crippen LogP contribution in [0.15, 0.2) is 24.3 Å². The minimum atomic E-state index is -0.109. The van der Waals surface area contributed by atoms with E-state index in [-0.39, 0.29) is 16.8 Å². The molecule has 0 aliphatic heterocycles. The van der Waals surface area contributed by atoms with Crippen LogP contribution in [0.4, 0.5) is 0 Å². The molecule has 0 spiro atoms. The first kappa shape index (κ1) is 10.4. The number of rotatable bonds is 2. The molecule has 0 unspecified atom stereocenters. The summed E-state index contributed by atoms with van der Waals surface area (Å²) in [5.74, 6) is 0.692. The lowest BCUT2D eigenvalue weighted by Gasteiger charge is -2.21. The van der Waals surface area contributed by atoms with Gasteiger partial charge in [0.15, 0.2) is 10.9 Å². The first-order valence-electron chi connectivity index (χ1n) is 5.25. The van der Waals surface area contributed by atoms with Crippen molar-refractivity contribution in [2.75, 3.05) is 0 Å². The molecule has 0 saturated carbocycles. The van der Waals surface area contributed by atoms with Crippen molar-refractivity contribution in [3.05, 3.63) is 40.5 Å². The molecule has 1 aliphatic rings. The minimum Gasteiger partial charge on any atom is -0.503 e. The van der Waals surface area contributed by atoms with Crippen LogP contribution >= 0.6 is 11.6 Å². The van der Waals surface area contributed by atoms with E-state index in [9.17, 15) is 5.11 Å². The Hall–Kier alpha value is -1.81. The van der Waals surface area contributed by atoms with Gasteiger partial charge >= 0.3 is 0 Å². The van der Waals surface area contributed by atoms with Crippen LogP contribution in [0.5, 0.6) is 17.4 Å². The fourth-order valence-corrected chi connectivity index (χ4v) is 1.97. The van der Waals surface area contributed by atoms with Crippen LogP contribution in [0.25, 0.3) is 0 Å². The van der Waals surface area contributed by atoms with E-state index in [1.807, 2.05) is 12.1 Å². The fraction of sp³-hybridized carbons (Fsp3) is 0.167. The maximum atomic E-state index is 9.62. The van der Waals surface area contributed by atoms with E-state index in [1.165, 1.54) is 17.2 Å². The summed E-state index contributed by atoms with van der Waals surface area (Å²) in [5, 5.41) is 17.1. The zero-order valence-electron chi connectivity index (χ0n) is 8.85. The van der Waals surface area contributed by atoms with Crippen molar-refractivity contribution in [2.24, 2.45) is 0 Å². The van der Waals surface area contributed by atoms with Crippen molar-refractivity contribution < 1.29 is 9.84 Å². The number of hydrogen-bond donors (Lipinski definition) is 1. The number of aromatic nitrogens is 2. The number of aryl methyl sites for hydroxylation is 1. The number of nitrogens with zero attached hydrogens (tertiary/aromatic N) is 2. The van der Waals surface area contributed by atoms with E-state index in [1.54, 1.807) is 0 Å². The molecule has 1 aromatic heterocycles. The molecule has 17 heavy (non-hydrogen) atoms. The van der Waals surface area contributed by atoms with Crippen molar-refractivity contribution in [1.82, 2.24) is 10.2 Å². The summed E-state index contributed by atoms with van der Waals surface area (Å²) in [6.07, 6.45) is 2.07. The second kappa shape index (κ2) is 3.89. The summed E-state index contributed by atoms with van der Waals surface area (Å²) < 4.78 is 5.54. The van der Waals surface area contributed by atoms with E-state index in [2.05, 4.69) is 16.3 Å². The van der Waals surface area contributed by atoms with Crippen LogP contribution < -0.4 is 4.74 Å². The van der Waals surface area contributed by atoms with E-state index in [0.717, 1.165) is 18.6 Å². The zero-order valence-corrected chi connectivity index (χ0v) is 9.61. The average molecular weight is 249 g/mol. The topological polar surface area (TPSA) is 55.2 Å². The van der Waals surface area contributed by atoms with Gasteiger partial charge in [0.2, 0.25) is 0 Å². The Morgan fingerprint density at radius 1 is 1.24 bits per heavy atom. The molecular weight excluding hydrogens is 240 g/mol. The van der Waals surface area contributed by atoms with Gasteiger partial charge in [-0.1, -0.05) is 23.7 Å². The Kier molecular flexibility index (Phi) is 2.37. The normalized spacial score (nSPS) is 12.8. The molecule has 0 amide bonds. The molecule has 0 saturated heterocycles. The van der Waals surface area contributed by atoms with E-state index in [0.29, 0.717) is 0 Å². The van der Waals surface area contributed by atoms with Crippen LogP contribution in [0.1, 0.15) is 11.1 Å². The molecule has 2 aromatic rings. The predicted molar refractivity (Wildman–Crippen MR) is 62.6 cm³/mol. The third kappa shape index (κ3) is 1.80. The zero-order chi connectivity index (χ0) is 11.8. The van der Waals surface area contributed by atoms with Crippen LogP contribution in [0.3, 0.4) is 0 Å². The van der Waals surface area contributed by atoms with Gasteiger partial charge in [0, 0.05) is 6.07 Å². The molecule has 1 aliphatic carbocycles. The van der Waals surface area contributed by atoms with Gasteiger partial charge in [0.25, 0.3) is 5.88 Å².